The predicted molar refractivity (Wildman–Crippen MR) is 122 cm³/mol. The van der Waals surface area contributed by atoms with Gasteiger partial charge < -0.3 is 19.9 Å². The molecule has 1 N–H and O–H groups in total. The fourth-order valence-electron chi connectivity index (χ4n) is 5.07. The van der Waals surface area contributed by atoms with Crippen molar-refractivity contribution >= 4 is 24.0 Å². The minimum atomic E-state index is -0.708. The third-order valence-electron chi connectivity index (χ3n) is 7.31. The molecule has 2 saturated heterocycles. The fraction of sp³-hybridized carbons (Fsp3) is 0.560. The molecule has 7 nitrogen and oxygen atoms in total. The van der Waals surface area contributed by atoms with Gasteiger partial charge in [0, 0.05) is 55.8 Å². The first kappa shape index (κ1) is 24.2. The van der Waals surface area contributed by atoms with Crippen molar-refractivity contribution in [2.75, 3.05) is 32.8 Å². The van der Waals surface area contributed by atoms with E-state index in [-0.39, 0.29) is 40.8 Å². The quantitative estimate of drug-likeness (QED) is 0.663. The van der Waals surface area contributed by atoms with Crippen LogP contribution in [0.15, 0.2) is 24.3 Å². The Hall–Kier alpha value is -2.97. The molecule has 1 aliphatic carbocycles. The largest absolute Gasteiger partial charge is 0.450 e. The van der Waals surface area contributed by atoms with Crippen LogP contribution >= 0.6 is 0 Å². The number of carbonyl (C=O) groups excluding carboxylic acids is 3. The van der Waals surface area contributed by atoms with Crippen molar-refractivity contribution in [2.24, 2.45) is 11.3 Å². The normalized spacial score (nSPS) is 22.1. The van der Waals surface area contributed by atoms with Gasteiger partial charge in [-0.3, -0.25) is 9.59 Å². The molecule has 1 aromatic rings. The summed E-state index contributed by atoms with van der Waals surface area (Å²) in [5, 5.41) is 3.15. The third kappa shape index (κ3) is 5.39. The summed E-state index contributed by atoms with van der Waals surface area (Å²) < 4.78 is 31.8. The zero-order valence-corrected chi connectivity index (χ0v) is 19.4. The van der Waals surface area contributed by atoms with Crippen molar-refractivity contribution in [2.45, 2.75) is 45.1 Å². The van der Waals surface area contributed by atoms with Gasteiger partial charge in [-0.15, -0.1) is 0 Å². The van der Waals surface area contributed by atoms with Crippen molar-refractivity contribution in [3.8, 4) is 0 Å². The average molecular weight is 476 g/mol. The molecule has 3 aliphatic rings. The summed E-state index contributed by atoms with van der Waals surface area (Å²) in [7, 11) is 0. The maximum atomic E-state index is 13.7. The topological polar surface area (TPSA) is 79.0 Å². The molecule has 3 amide bonds. The van der Waals surface area contributed by atoms with E-state index in [4.69, 9.17) is 4.74 Å². The molecule has 1 atom stereocenters. The molecule has 184 valence electrons. The zero-order chi connectivity index (χ0) is 24.3. The number of nitrogens with zero attached hydrogens (tertiary/aromatic N) is 2. The lowest BCUT2D eigenvalue weighted by molar-refractivity contribution is -0.127. The van der Waals surface area contributed by atoms with Gasteiger partial charge >= 0.3 is 6.09 Å². The monoisotopic (exact) mass is 475 g/mol. The summed E-state index contributed by atoms with van der Waals surface area (Å²) in [4.78, 5) is 40.5. The fourth-order valence-corrected chi connectivity index (χ4v) is 5.07. The van der Waals surface area contributed by atoms with Crippen molar-refractivity contribution in [1.82, 2.24) is 15.1 Å². The first-order valence-corrected chi connectivity index (χ1v) is 12.0. The van der Waals surface area contributed by atoms with Crippen LogP contribution in [0.1, 0.15) is 44.6 Å². The number of rotatable bonds is 5. The Balaban J connectivity index is 1.21. The molecule has 1 spiro atoms. The van der Waals surface area contributed by atoms with Crippen molar-refractivity contribution in [1.29, 1.82) is 0 Å². The van der Waals surface area contributed by atoms with Crippen molar-refractivity contribution < 1.29 is 27.9 Å². The van der Waals surface area contributed by atoms with Crippen LogP contribution in [0.5, 0.6) is 0 Å². The highest BCUT2D eigenvalue weighted by molar-refractivity contribution is 5.92. The molecule has 1 saturated carbocycles. The van der Waals surface area contributed by atoms with Crippen LogP contribution in [0.25, 0.3) is 6.08 Å². The van der Waals surface area contributed by atoms with E-state index in [1.165, 1.54) is 18.2 Å². The standard InChI is InChI=1S/C25H31F2N3O4/c1-2-34-24(33)30-11-7-19(8-12-30)28-23(32)20-16-25(20)9-13-29(14-10-25)22(31)6-4-17-3-5-18(26)15-21(17)27/h3-6,15,19-20H,2,7-14,16H2,1H3,(H,28,32). The van der Waals surface area contributed by atoms with E-state index in [1.807, 2.05) is 0 Å². The lowest BCUT2D eigenvalue weighted by Crippen LogP contribution is -2.47. The molecular formula is C25H31F2N3O4. The van der Waals surface area contributed by atoms with Gasteiger partial charge in [0.1, 0.15) is 11.6 Å². The predicted octanol–water partition coefficient (Wildman–Crippen LogP) is 3.34. The lowest BCUT2D eigenvalue weighted by atomic mass is 9.90. The molecule has 9 heteroatoms. The van der Waals surface area contributed by atoms with E-state index < -0.39 is 11.6 Å². The summed E-state index contributed by atoms with van der Waals surface area (Å²) in [6.45, 7) is 4.39. The molecule has 0 bridgehead atoms. The van der Waals surface area contributed by atoms with E-state index >= 15 is 0 Å². The minimum Gasteiger partial charge on any atom is -0.450 e. The van der Waals surface area contributed by atoms with Crippen LogP contribution in [0.2, 0.25) is 0 Å². The second kappa shape index (κ2) is 10.1. The maximum Gasteiger partial charge on any atom is 0.409 e. The molecule has 0 aromatic heterocycles. The Morgan fingerprint density at radius 3 is 2.47 bits per heavy atom. The summed E-state index contributed by atoms with van der Waals surface area (Å²) in [5.74, 6) is -1.54. The number of ether oxygens (including phenoxy) is 1. The van der Waals surface area contributed by atoms with E-state index in [0.717, 1.165) is 31.4 Å². The van der Waals surface area contributed by atoms with Crippen LogP contribution in [0.3, 0.4) is 0 Å². The van der Waals surface area contributed by atoms with Gasteiger partial charge in [0.25, 0.3) is 0 Å². The minimum absolute atomic E-state index is 0.0308. The molecule has 0 radical (unpaired) electrons. The SMILES string of the molecule is CCOC(=O)N1CCC(NC(=O)C2CC23CCN(C(=O)C=Cc2ccc(F)cc2F)CC3)CC1. The Morgan fingerprint density at radius 2 is 1.82 bits per heavy atom. The second-order valence-electron chi connectivity index (χ2n) is 9.41. The van der Waals surface area contributed by atoms with Gasteiger partial charge in [0.15, 0.2) is 0 Å². The number of carbonyl (C=O) groups is 3. The molecule has 4 rings (SSSR count). The highest BCUT2D eigenvalue weighted by atomic mass is 19.1. The highest BCUT2D eigenvalue weighted by Gasteiger charge is 2.58. The van der Waals surface area contributed by atoms with Gasteiger partial charge in [-0.2, -0.15) is 0 Å². The van der Waals surface area contributed by atoms with Crippen LogP contribution in [0.4, 0.5) is 13.6 Å². The molecule has 34 heavy (non-hydrogen) atoms. The number of halogens is 2. The van der Waals surface area contributed by atoms with Gasteiger partial charge in [-0.1, -0.05) is 0 Å². The summed E-state index contributed by atoms with van der Waals surface area (Å²) in [6, 6.07) is 3.30. The van der Waals surface area contributed by atoms with Gasteiger partial charge in [-0.25, -0.2) is 13.6 Å². The number of hydrogen-bond donors (Lipinski definition) is 1. The molecule has 1 aromatic carbocycles. The smallest absolute Gasteiger partial charge is 0.409 e. The van der Waals surface area contributed by atoms with Crippen molar-refractivity contribution in [3.05, 3.63) is 41.5 Å². The lowest BCUT2D eigenvalue weighted by Gasteiger charge is -2.33. The molecule has 3 fully saturated rings. The van der Waals surface area contributed by atoms with E-state index in [9.17, 15) is 23.2 Å². The highest BCUT2D eigenvalue weighted by Crippen LogP contribution is 2.59. The number of nitrogens with one attached hydrogen (secondary N) is 1. The number of hydrogen-bond acceptors (Lipinski definition) is 4. The number of benzene rings is 1. The summed E-state index contributed by atoms with van der Waals surface area (Å²) in [6.07, 6.45) is 6.16. The second-order valence-corrected chi connectivity index (χ2v) is 9.41. The molecule has 1 unspecified atom stereocenters. The van der Waals surface area contributed by atoms with Crippen molar-refractivity contribution in [3.63, 3.8) is 0 Å². The van der Waals surface area contributed by atoms with Crippen LogP contribution in [-0.4, -0.2) is 66.5 Å². The molecule has 2 heterocycles. The third-order valence-corrected chi connectivity index (χ3v) is 7.31. The first-order valence-electron chi connectivity index (χ1n) is 12.0. The Labute approximate surface area is 198 Å². The van der Waals surface area contributed by atoms with Gasteiger partial charge in [0.05, 0.1) is 6.61 Å². The number of piperidine rings is 2. The first-order chi connectivity index (χ1) is 16.3. The van der Waals surface area contributed by atoms with Gasteiger partial charge in [0.2, 0.25) is 11.8 Å². The Bertz CT molecular complexity index is 967. The number of amides is 3. The maximum absolute atomic E-state index is 13.7. The summed E-state index contributed by atoms with van der Waals surface area (Å²) >= 11 is 0. The Kier molecular flexibility index (Phi) is 7.19. The van der Waals surface area contributed by atoms with Crippen LogP contribution in [-0.2, 0) is 14.3 Å². The van der Waals surface area contributed by atoms with E-state index in [1.54, 1.807) is 16.7 Å². The Morgan fingerprint density at radius 1 is 1.12 bits per heavy atom. The van der Waals surface area contributed by atoms with E-state index in [0.29, 0.717) is 45.6 Å². The molecular weight excluding hydrogens is 444 g/mol. The number of likely N-dealkylation sites (tertiary alicyclic amines) is 2. The summed E-state index contributed by atoms with van der Waals surface area (Å²) in [5.41, 5.74) is 0.120. The molecule has 2 aliphatic heterocycles. The zero-order valence-electron chi connectivity index (χ0n) is 19.4. The van der Waals surface area contributed by atoms with Gasteiger partial charge in [-0.05, 0) is 62.7 Å². The van der Waals surface area contributed by atoms with E-state index in [2.05, 4.69) is 5.32 Å². The van der Waals surface area contributed by atoms with Crippen LogP contribution in [0, 0.1) is 23.0 Å². The average Bonchev–Trinajstić information content (AvgIpc) is 3.52. The van der Waals surface area contributed by atoms with Crippen LogP contribution < -0.4 is 5.32 Å².